The SMILES string of the molecule is COCC(CBr)NS(=O)(=O)c1c(C)nn(C)c1C. The molecule has 8 heteroatoms. The van der Waals surface area contributed by atoms with Crippen LogP contribution in [0.1, 0.15) is 11.4 Å². The van der Waals surface area contributed by atoms with Crippen LogP contribution in [0.4, 0.5) is 0 Å². The molecule has 0 fully saturated rings. The lowest BCUT2D eigenvalue weighted by Gasteiger charge is -2.15. The second-order valence-electron chi connectivity index (χ2n) is 4.05. The minimum atomic E-state index is -3.58. The Hall–Kier alpha value is -0.440. The number of nitrogens with zero attached hydrogens (tertiary/aromatic N) is 2. The molecule has 6 nitrogen and oxygen atoms in total. The molecule has 0 saturated carbocycles. The van der Waals surface area contributed by atoms with E-state index in [1.807, 2.05) is 0 Å². The van der Waals surface area contributed by atoms with Crippen LogP contribution in [0.5, 0.6) is 0 Å². The van der Waals surface area contributed by atoms with E-state index in [9.17, 15) is 8.42 Å². The summed E-state index contributed by atoms with van der Waals surface area (Å²) in [5.41, 5.74) is 1.11. The summed E-state index contributed by atoms with van der Waals surface area (Å²) < 4.78 is 33.7. The van der Waals surface area contributed by atoms with Crippen LogP contribution in [0.2, 0.25) is 0 Å². The lowest BCUT2D eigenvalue weighted by Crippen LogP contribution is -2.39. The standard InChI is InChI=1S/C10H18BrN3O3S/c1-7-10(8(2)14(3)12-7)18(15,16)13-9(5-11)6-17-4/h9,13H,5-6H2,1-4H3. The zero-order valence-corrected chi connectivity index (χ0v) is 13.3. The number of ether oxygens (including phenoxy) is 1. The lowest BCUT2D eigenvalue weighted by atomic mass is 10.4. The van der Waals surface area contributed by atoms with Gasteiger partial charge in [0.05, 0.1) is 24.0 Å². The fraction of sp³-hybridized carbons (Fsp3) is 0.700. The van der Waals surface area contributed by atoms with E-state index in [-0.39, 0.29) is 10.9 Å². The Morgan fingerprint density at radius 3 is 2.50 bits per heavy atom. The smallest absolute Gasteiger partial charge is 0.244 e. The van der Waals surface area contributed by atoms with Gasteiger partial charge in [0.1, 0.15) is 4.90 Å². The number of aromatic nitrogens is 2. The highest BCUT2D eigenvalue weighted by atomic mass is 79.9. The minimum Gasteiger partial charge on any atom is -0.383 e. The first-order chi connectivity index (χ1) is 8.33. The maximum Gasteiger partial charge on any atom is 0.244 e. The highest BCUT2D eigenvalue weighted by Gasteiger charge is 2.26. The molecule has 0 saturated heterocycles. The first-order valence-corrected chi connectivity index (χ1v) is 8.01. The first kappa shape index (κ1) is 15.6. The second kappa shape index (κ2) is 6.14. The fourth-order valence-electron chi connectivity index (χ4n) is 1.73. The topological polar surface area (TPSA) is 73.2 Å². The van der Waals surface area contributed by atoms with Crippen LogP contribution in [0, 0.1) is 13.8 Å². The van der Waals surface area contributed by atoms with E-state index in [2.05, 4.69) is 25.8 Å². The third-order valence-corrected chi connectivity index (χ3v) is 5.14. The number of hydrogen-bond acceptors (Lipinski definition) is 4. The van der Waals surface area contributed by atoms with Gasteiger partial charge in [0.15, 0.2) is 0 Å². The third-order valence-electron chi connectivity index (χ3n) is 2.59. The Labute approximate surface area is 116 Å². The van der Waals surface area contributed by atoms with Crippen molar-refractivity contribution in [3.63, 3.8) is 0 Å². The number of rotatable bonds is 6. The largest absolute Gasteiger partial charge is 0.383 e. The highest BCUT2D eigenvalue weighted by molar-refractivity contribution is 9.09. The van der Waals surface area contributed by atoms with Gasteiger partial charge >= 0.3 is 0 Å². The molecule has 0 radical (unpaired) electrons. The Kier molecular flexibility index (Phi) is 5.32. The third kappa shape index (κ3) is 3.31. The van der Waals surface area contributed by atoms with Crippen molar-refractivity contribution in [2.45, 2.75) is 24.8 Å². The molecule has 0 aliphatic rings. The van der Waals surface area contributed by atoms with Gasteiger partial charge in [-0.15, -0.1) is 0 Å². The van der Waals surface area contributed by atoms with Gasteiger partial charge in [-0.2, -0.15) is 5.10 Å². The Morgan fingerprint density at radius 1 is 1.50 bits per heavy atom. The molecular formula is C10H18BrN3O3S. The van der Waals surface area contributed by atoms with Gasteiger partial charge in [-0.05, 0) is 13.8 Å². The van der Waals surface area contributed by atoms with Crippen LogP contribution < -0.4 is 4.72 Å². The number of hydrogen-bond donors (Lipinski definition) is 1. The maximum absolute atomic E-state index is 12.3. The molecule has 0 bridgehead atoms. The monoisotopic (exact) mass is 339 g/mol. The van der Waals surface area contributed by atoms with Gasteiger partial charge in [0.25, 0.3) is 0 Å². The van der Waals surface area contributed by atoms with Gasteiger partial charge in [-0.3, -0.25) is 4.68 Å². The molecule has 1 atom stereocenters. The number of aryl methyl sites for hydroxylation is 2. The number of methoxy groups -OCH3 is 1. The van der Waals surface area contributed by atoms with E-state index in [0.29, 0.717) is 23.3 Å². The van der Waals surface area contributed by atoms with Gasteiger partial charge < -0.3 is 4.74 Å². The highest BCUT2D eigenvalue weighted by Crippen LogP contribution is 2.18. The van der Waals surface area contributed by atoms with E-state index >= 15 is 0 Å². The molecule has 0 aromatic carbocycles. The second-order valence-corrected chi connectivity index (χ2v) is 6.35. The normalized spacial score (nSPS) is 13.8. The number of nitrogens with one attached hydrogen (secondary N) is 1. The average Bonchev–Trinajstić information content (AvgIpc) is 2.52. The van der Waals surface area contributed by atoms with E-state index in [1.165, 1.54) is 7.11 Å². The zero-order valence-electron chi connectivity index (χ0n) is 10.9. The van der Waals surface area contributed by atoms with Crippen LogP contribution in [0.3, 0.4) is 0 Å². The van der Waals surface area contributed by atoms with Gasteiger partial charge in [0.2, 0.25) is 10.0 Å². The summed E-state index contributed by atoms with van der Waals surface area (Å²) in [5.74, 6) is 0. The average molecular weight is 340 g/mol. The molecule has 1 unspecified atom stereocenters. The molecule has 1 aromatic rings. The number of halogens is 1. The summed E-state index contributed by atoms with van der Waals surface area (Å²) in [6, 6.07) is -0.306. The molecule has 0 aliphatic heterocycles. The van der Waals surface area contributed by atoms with Gasteiger partial charge in [-0.1, -0.05) is 15.9 Å². The first-order valence-electron chi connectivity index (χ1n) is 5.41. The van der Waals surface area contributed by atoms with Gasteiger partial charge in [-0.25, -0.2) is 13.1 Å². The van der Waals surface area contributed by atoms with E-state index in [0.717, 1.165) is 0 Å². The molecule has 0 amide bonds. The zero-order chi connectivity index (χ0) is 13.9. The van der Waals surface area contributed by atoms with Crippen molar-refractivity contribution in [1.82, 2.24) is 14.5 Å². The molecule has 0 aliphatic carbocycles. The molecule has 1 N–H and O–H groups in total. The Balaban J connectivity index is 3.06. The molecular weight excluding hydrogens is 322 g/mol. The van der Waals surface area contributed by atoms with Crippen molar-refractivity contribution < 1.29 is 13.2 Å². The number of sulfonamides is 1. The van der Waals surface area contributed by atoms with Crippen LogP contribution in [0.25, 0.3) is 0 Å². The van der Waals surface area contributed by atoms with Crippen molar-refractivity contribution in [1.29, 1.82) is 0 Å². The van der Waals surface area contributed by atoms with Crippen LogP contribution in [-0.4, -0.2) is 43.3 Å². The van der Waals surface area contributed by atoms with E-state index < -0.39 is 10.0 Å². The minimum absolute atomic E-state index is 0.243. The molecule has 0 spiro atoms. The van der Waals surface area contributed by atoms with Crippen LogP contribution in [-0.2, 0) is 21.8 Å². The van der Waals surface area contributed by atoms with Crippen molar-refractivity contribution >= 4 is 26.0 Å². The summed E-state index contributed by atoms with van der Waals surface area (Å²) in [6.07, 6.45) is 0. The molecule has 1 aromatic heterocycles. The quantitative estimate of drug-likeness (QED) is 0.775. The van der Waals surface area contributed by atoms with Crippen LogP contribution in [0.15, 0.2) is 4.90 Å². The van der Waals surface area contributed by atoms with Crippen molar-refractivity contribution in [2.75, 3.05) is 19.0 Å². The molecule has 1 heterocycles. The van der Waals surface area contributed by atoms with Gasteiger partial charge in [0, 0.05) is 19.5 Å². The molecule has 104 valence electrons. The van der Waals surface area contributed by atoms with E-state index in [1.54, 1.807) is 25.6 Å². The lowest BCUT2D eigenvalue weighted by molar-refractivity contribution is 0.182. The Morgan fingerprint density at radius 2 is 2.11 bits per heavy atom. The summed E-state index contributed by atoms with van der Waals surface area (Å²) in [4.78, 5) is 0.243. The number of alkyl halides is 1. The van der Waals surface area contributed by atoms with Crippen molar-refractivity contribution in [3.05, 3.63) is 11.4 Å². The van der Waals surface area contributed by atoms with Crippen molar-refractivity contribution in [2.24, 2.45) is 7.05 Å². The maximum atomic E-state index is 12.3. The van der Waals surface area contributed by atoms with Crippen molar-refractivity contribution in [3.8, 4) is 0 Å². The van der Waals surface area contributed by atoms with Crippen LogP contribution >= 0.6 is 15.9 Å². The van der Waals surface area contributed by atoms with E-state index in [4.69, 9.17) is 4.74 Å². The molecule has 1 rings (SSSR count). The molecule has 18 heavy (non-hydrogen) atoms. The summed E-state index contributed by atoms with van der Waals surface area (Å²) in [7, 11) is -0.325. The predicted molar refractivity (Wildman–Crippen MR) is 72.5 cm³/mol. The predicted octanol–water partition coefficient (Wildman–Crippen LogP) is 0.725. The Bertz CT molecular complexity index is 513. The summed E-state index contributed by atoms with van der Waals surface area (Å²) in [5, 5.41) is 4.60. The summed E-state index contributed by atoms with van der Waals surface area (Å²) in [6.45, 7) is 3.72. The fourth-order valence-corrected chi connectivity index (χ4v) is 3.95. The summed E-state index contributed by atoms with van der Waals surface area (Å²) >= 11 is 3.26.